The predicted molar refractivity (Wildman–Crippen MR) is 151 cm³/mol. The lowest BCUT2D eigenvalue weighted by Gasteiger charge is -2.38. The first-order valence-corrected chi connectivity index (χ1v) is 15.0. The molecule has 0 saturated carbocycles. The maximum absolute atomic E-state index is 12.8. The summed E-state index contributed by atoms with van der Waals surface area (Å²) < 4.78 is 31.0. The Morgan fingerprint density at radius 2 is 1.76 bits per heavy atom. The van der Waals surface area contributed by atoms with E-state index in [1.165, 1.54) is 5.56 Å². The SMILES string of the molecule is C=CCCN(C(=O)NCC(O)CC)C1CCN(Cc2ccc(Oc3ccc(NS(C)(=O)=O)cc3)cc2)CC1. The standard InChI is InChI=1S/C28H40N4O5S/c1-4-6-17-32(28(34)29-20-25(33)5-2)24-15-18-31(19-16-24)21-22-7-11-26(12-8-22)37-27-13-9-23(10-14-27)30-38(3,35)36/h4,7-14,24-25,30,33H,1,5-6,15-21H2,2-3H3,(H,29,34). The van der Waals surface area contributed by atoms with Crippen LogP contribution in [0.15, 0.2) is 61.2 Å². The van der Waals surface area contributed by atoms with E-state index < -0.39 is 16.1 Å². The molecule has 2 aromatic carbocycles. The van der Waals surface area contributed by atoms with Crippen LogP contribution in [0, 0.1) is 0 Å². The summed E-state index contributed by atoms with van der Waals surface area (Å²) in [6.07, 6.45) is 5.55. The van der Waals surface area contributed by atoms with Gasteiger partial charge in [-0.25, -0.2) is 13.2 Å². The zero-order valence-corrected chi connectivity index (χ0v) is 23.1. The Kier molecular flexibility index (Phi) is 11.0. The molecular formula is C28H40N4O5S. The number of nitrogens with zero attached hydrogens (tertiary/aromatic N) is 2. The maximum Gasteiger partial charge on any atom is 0.317 e. The molecule has 1 aliphatic rings. The van der Waals surface area contributed by atoms with Crippen LogP contribution in [0.25, 0.3) is 0 Å². The highest BCUT2D eigenvalue weighted by Gasteiger charge is 2.27. The largest absolute Gasteiger partial charge is 0.457 e. The summed E-state index contributed by atoms with van der Waals surface area (Å²) in [7, 11) is -3.31. The highest BCUT2D eigenvalue weighted by Crippen LogP contribution is 2.25. The lowest BCUT2D eigenvalue weighted by atomic mass is 10.0. The van der Waals surface area contributed by atoms with Crippen LogP contribution >= 0.6 is 0 Å². The monoisotopic (exact) mass is 544 g/mol. The first-order valence-electron chi connectivity index (χ1n) is 13.1. The molecule has 0 aliphatic carbocycles. The minimum Gasteiger partial charge on any atom is -0.457 e. The molecular weight excluding hydrogens is 504 g/mol. The number of benzene rings is 2. The minimum absolute atomic E-state index is 0.116. The highest BCUT2D eigenvalue weighted by atomic mass is 32.2. The van der Waals surface area contributed by atoms with Crippen LogP contribution in [-0.4, -0.2) is 73.9 Å². The van der Waals surface area contributed by atoms with E-state index in [-0.39, 0.29) is 18.6 Å². The Hall–Kier alpha value is -3.08. The third-order valence-corrected chi connectivity index (χ3v) is 7.12. The van der Waals surface area contributed by atoms with E-state index >= 15 is 0 Å². The van der Waals surface area contributed by atoms with Crippen molar-refractivity contribution in [3.05, 3.63) is 66.7 Å². The van der Waals surface area contributed by atoms with Gasteiger partial charge < -0.3 is 20.1 Å². The number of likely N-dealkylation sites (tertiary alicyclic amines) is 1. The number of hydrogen-bond acceptors (Lipinski definition) is 6. The van der Waals surface area contributed by atoms with Crippen LogP contribution in [0.1, 0.15) is 38.2 Å². The van der Waals surface area contributed by atoms with Crippen molar-refractivity contribution in [1.29, 1.82) is 0 Å². The fourth-order valence-corrected chi connectivity index (χ4v) is 4.95. The molecule has 0 radical (unpaired) electrons. The number of urea groups is 1. The van der Waals surface area contributed by atoms with Gasteiger partial charge in [0.1, 0.15) is 11.5 Å². The van der Waals surface area contributed by atoms with Crippen LogP contribution in [-0.2, 0) is 16.6 Å². The van der Waals surface area contributed by atoms with E-state index in [2.05, 4.69) is 21.5 Å². The van der Waals surface area contributed by atoms with Gasteiger partial charge in [0.05, 0.1) is 12.4 Å². The predicted octanol–water partition coefficient (Wildman–Crippen LogP) is 4.17. The van der Waals surface area contributed by atoms with Gasteiger partial charge in [-0.1, -0.05) is 25.1 Å². The molecule has 3 N–H and O–H groups in total. The number of carbonyl (C=O) groups excluding carboxylic acids is 1. The fourth-order valence-electron chi connectivity index (χ4n) is 4.38. The van der Waals surface area contributed by atoms with Crippen molar-refractivity contribution in [2.24, 2.45) is 0 Å². The van der Waals surface area contributed by atoms with Crippen LogP contribution in [0.5, 0.6) is 11.5 Å². The number of nitrogens with one attached hydrogen (secondary N) is 2. The smallest absolute Gasteiger partial charge is 0.317 e. The van der Waals surface area contributed by atoms with Crippen LogP contribution in [0.2, 0.25) is 0 Å². The van der Waals surface area contributed by atoms with Crippen molar-refractivity contribution in [2.75, 3.05) is 37.2 Å². The third kappa shape index (κ3) is 9.66. The van der Waals surface area contributed by atoms with Gasteiger partial charge in [-0.3, -0.25) is 9.62 Å². The molecule has 1 heterocycles. The molecule has 1 atom stereocenters. The van der Waals surface area contributed by atoms with Gasteiger partial charge in [-0.2, -0.15) is 0 Å². The number of ether oxygens (including phenoxy) is 1. The quantitative estimate of drug-likeness (QED) is 0.327. The van der Waals surface area contributed by atoms with Crippen LogP contribution in [0.3, 0.4) is 0 Å². The number of carbonyl (C=O) groups is 1. The van der Waals surface area contributed by atoms with E-state index in [1.807, 2.05) is 42.2 Å². The second kappa shape index (κ2) is 14.2. The second-order valence-electron chi connectivity index (χ2n) is 9.67. The Bertz CT molecular complexity index is 1130. The summed E-state index contributed by atoms with van der Waals surface area (Å²) >= 11 is 0. The zero-order valence-electron chi connectivity index (χ0n) is 22.3. The topological polar surface area (TPSA) is 111 Å². The second-order valence-corrected chi connectivity index (χ2v) is 11.4. The molecule has 1 saturated heterocycles. The number of sulfonamides is 1. The van der Waals surface area contributed by atoms with E-state index in [1.54, 1.807) is 24.3 Å². The molecule has 38 heavy (non-hydrogen) atoms. The molecule has 0 bridgehead atoms. The maximum atomic E-state index is 12.8. The first-order chi connectivity index (χ1) is 18.2. The number of rotatable bonds is 13. The minimum atomic E-state index is -3.31. The van der Waals surface area contributed by atoms with Gasteiger partial charge in [-0.05, 0) is 67.6 Å². The summed E-state index contributed by atoms with van der Waals surface area (Å²) in [4.78, 5) is 17.1. The fraction of sp³-hybridized carbons (Fsp3) is 0.464. The Balaban J connectivity index is 1.49. The summed E-state index contributed by atoms with van der Waals surface area (Å²) in [5.74, 6) is 1.32. The van der Waals surface area contributed by atoms with Gasteiger partial charge in [-0.15, -0.1) is 6.58 Å². The summed E-state index contributed by atoms with van der Waals surface area (Å²) in [6.45, 7) is 9.19. The van der Waals surface area contributed by atoms with E-state index in [0.717, 1.165) is 45.2 Å². The van der Waals surface area contributed by atoms with Crippen molar-refractivity contribution in [1.82, 2.24) is 15.1 Å². The summed E-state index contributed by atoms with van der Waals surface area (Å²) in [6, 6.07) is 14.7. The van der Waals surface area contributed by atoms with Crippen LogP contribution in [0.4, 0.5) is 10.5 Å². The van der Waals surface area contributed by atoms with E-state index in [0.29, 0.717) is 30.2 Å². The first kappa shape index (κ1) is 29.5. The van der Waals surface area contributed by atoms with Crippen molar-refractivity contribution in [2.45, 2.75) is 51.3 Å². The van der Waals surface area contributed by atoms with Gasteiger partial charge in [0.25, 0.3) is 0 Å². The molecule has 0 spiro atoms. The molecule has 2 aromatic rings. The third-order valence-electron chi connectivity index (χ3n) is 6.52. The summed E-state index contributed by atoms with van der Waals surface area (Å²) in [5, 5.41) is 12.7. The Morgan fingerprint density at radius 1 is 1.16 bits per heavy atom. The number of amides is 2. The lowest BCUT2D eigenvalue weighted by Crippen LogP contribution is -2.51. The molecule has 10 heteroatoms. The molecule has 208 valence electrons. The van der Waals surface area contributed by atoms with Crippen molar-refractivity contribution >= 4 is 21.7 Å². The highest BCUT2D eigenvalue weighted by molar-refractivity contribution is 7.92. The Morgan fingerprint density at radius 3 is 2.32 bits per heavy atom. The molecule has 0 aromatic heterocycles. The molecule has 3 rings (SSSR count). The van der Waals surface area contributed by atoms with Gasteiger partial charge in [0, 0.05) is 44.5 Å². The lowest BCUT2D eigenvalue weighted by molar-refractivity contribution is 0.113. The van der Waals surface area contributed by atoms with Crippen molar-refractivity contribution < 1.29 is 23.1 Å². The molecule has 1 unspecified atom stereocenters. The molecule has 9 nitrogen and oxygen atoms in total. The van der Waals surface area contributed by atoms with Gasteiger partial charge in [0.15, 0.2) is 0 Å². The van der Waals surface area contributed by atoms with Crippen molar-refractivity contribution in [3.63, 3.8) is 0 Å². The number of aliphatic hydroxyl groups excluding tert-OH is 1. The van der Waals surface area contributed by atoms with Crippen LogP contribution < -0.4 is 14.8 Å². The zero-order chi connectivity index (χ0) is 27.5. The van der Waals surface area contributed by atoms with E-state index in [4.69, 9.17) is 4.74 Å². The number of piperidine rings is 1. The molecule has 1 fully saturated rings. The molecule has 1 aliphatic heterocycles. The van der Waals surface area contributed by atoms with Crippen molar-refractivity contribution in [3.8, 4) is 11.5 Å². The van der Waals surface area contributed by atoms with E-state index in [9.17, 15) is 18.3 Å². The number of hydrogen-bond donors (Lipinski definition) is 3. The number of aliphatic hydroxyl groups is 1. The van der Waals surface area contributed by atoms with Gasteiger partial charge in [0.2, 0.25) is 10.0 Å². The molecule has 2 amide bonds. The average molecular weight is 545 g/mol. The summed E-state index contributed by atoms with van der Waals surface area (Å²) in [5.41, 5.74) is 1.66. The normalized spacial score (nSPS) is 15.4. The van der Waals surface area contributed by atoms with Gasteiger partial charge >= 0.3 is 6.03 Å². The Labute approximate surface area is 226 Å². The number of anilines is 1. The average Bonchev–Trinajstić information content (AvgIpc) is 2.89.